The summed E-state index contributed by atoms with van der Waals surface area (Å²) in [7, 11) is 0. The Balaban J connectivity index is 0.000000364. The number of aliphatic carboxylic acids is 1. The van der Waals surface area contributed by atoms with Gasteiger partial charge < -0.3 is 15.2 Å². The number of nitrogens with one attached hydrogen (secondary N) is 1. The molecule has 1 amide bonds. The van der Waals surface area contributed by atoms with E-state index in [1.54, 1.807) is 18.5 Å². The summed E-state index contributed by atoms with van der Waals surface area (Å²) in [5, 5.41) is 12.2. The Hall–Kier alpha value is -4.47. The molecule has 0 fully saturated rings. The number of hydrogen-bond acceptors (Lipinski definition) is 5. The molecule has 1 atom stereocenters. The van der Waals surface area contributed by atoms with Gasteiger partial charge in [0.2, 0.25) is 0 Å². The molecule has 0 saturated heterocycles. The molecular formula is C25H18F3N3O4. The van der Waals surface area contributed by atoms with Crippen LogP contribution in [0.3, 0.4) is 0 Å². The standard InChI is InChI=1S/C23H17N3O2.C2HF3O2/c27-23(26-21-7-3-6-19(25-21)16-10-12-24-13-11-16)20-14-17-9-8-15-4-1-2-5-18(15)22(17)28-20;3-2(4,5)1(6)7/h1-13,20H,14H2,(H,25,26,27);(H,6,7). The lowest BCUT2D eigenvalue weighted by Crippen LogP contribution is -2.31. The number of halogens is 3. The maximum Gasteiger partial charge on any atom is 0.490 e. The van der Waals surface area contributed by atoms with Crippen LogP contribution in [0.4, 0.5) is 19.0 Å². The second-order valence-corrected chi connectivity index (χ2v) is 7.52. The number of carboxylic acid groups (broad SMARTS) is 1. The Kier molecular flexibility index (Phi) is 6.63. The summed E-state index contributed by atoms with van der Waals surface area (Å²) in [6.45, 7) is 0. The zero-order valence-corrected chi connectivity index (χ0v) is 18.0. The predicted molar refractivity (Wildman–Crippen MR) is 122 cm³/mol. The highest BCUT2D eigenvalue weighted by Crippen LogP contribution is 2.36. The van der Waals surface area contributed by atoms with Gasteiger partial charge in [-0.25, -0.2) is 9.78 Å². The summed E-state index contributed by atoms with van der Waals surface area (Å²) in [4.78, 5) is 30.2. The molecule has 1 aliphatic heterocycles. The van der Waals surface area contributed by atoms with E-state index in [2.05, 4.69) is 21.4 Å². The molecule has 2 aromatic heterocycles. The van der Waals surface area contributed by atoms with E-state index in [0.29, 0.717) is 12.2 Å². The monoisotopic (exact) mass is 481 g/mol. The quantitative estimate of drug-likeness (QED) is 0.433. The first-order valence-corrected chi connectivity index (χ1v) is 10.4. The Morgan fingerprint density at radius 2 is 1.69 bits per heavy atom. The molecule has 1 unspecified atom stereocenters. The second kappa shape index (κ2) is 9.80. The predicted octanol–water partition coefficient (Wildman–Crippen LogP) is 4.87. The van der Waals surface area contributed by atoms with Crippen LogP contribution >= 0.6 is 0 Å². The van der Waals surface area contributed by atoms with Crippen LogP contribution in [-0.4, -0.2) is 39.2 Å². The molecule has 178 valence electrons. The normalized spacial score (nSPS) is 14.3. The van der Waals surface area contributed by atoms with E-state index in [4.69, 9.17) is 14.6 Å². The first-order valence-electron chi connectivity index (χ1n) is 10.4. The molecule has 0 spiro atoms. The lowest BCUT2D eigenvalue weighted by Gasteiger charge is -2.12. The summed E-state index contributed by atoms with van der Waals surface area (Å²) in [6.07, 6.45) is -1.66. The van der Waals surface area contributed by atoms with Gasteiger partial charge >= 0.3 is 12.1 Å². The fourth-order valence-corrected chi connectivity index (χ4v) is 3.51. The number of anilines is 1. The van der Waals surface area contributed by atoms with Gasteiger partial charge in [-0.2, -0.15) is 13.2 Å². The highest BCUT2D eigenvalue weighted by molar-refractivity contribution is 5.97. The molecule has 10 heteroatoms. The molecular weight excluding hydrogens is 463 g/mol. The molecule has 5 rings (SSSR count). The number of carbonyl (C=O) groups is 2. The largest absolute Gasteiger partial charge is 0.490 e. The first kappa shape index (κ1) is 23.7. The van der Waals surface area contributed by atoms with Crippen molar-refractivity contribution in [1.82, 2.24) is 9.97 Å². The minimum atomic E-state index is -5.08. The SMILES string of the molecule is O=C(Nc1cccc(-c2ccncc2)n1)C1Cc2ccc3ccccc3c2O1.O=C(O)C(F)(F)F. The topological polar surface area (TPSA) is 101 Å². The van der Waals surface area contributed by atoms with Crippen LogP contribution in [0.1, 0.15) is 5.56 Å². The fourth-order valence-electron chi connectivity index (χ4n) is 3.51. The molecule has 2 aromatic carbocycles. The van der Waals surface area contributed by atoms with Crippen LogP contribution in [0.25, 0.3) is 22.0 Å². The summed E-state index contributed by atoms with van der Waals surface area (Å²) in [5.41, 5.74) is 2.78. The van der Waals surface area contributed by atoms with Crippen LogP contribution in [0.2, 0.25) is 0 Å². The van der Waals surface area contributed by atoms with Gasteiger partial charge in [-0.1, -0.05) is 42.5 Å². The van der Waals surface area contributed by atoms with Crippen LogP contribution in [0, 0.1) is 0 Å². The molecule has 4 aromatic rings. The average Bonchev–Trinajstić information content (AvgIpc) is 3.30. The fraction of sp³-hybridized carbons (Fsp3) is 0.120. The van der Waals surface area contributed by atoms with E-state index in [-0.39, 0.29) is 5.91 Å². The van der Waals surface area contributed by atoms with Gasteiger partial charge in [0, 0.05) is 29.8 Å². The first-order chi connectivity index (χ1) is 16.7. The van der Waals surface area contributed by atoms with Gasteiger partial charge in [-0.15, -0.1) is 0 Å². The Morgan fingerprint density at radius 3 is 2.40 bits per heavy atom. The number of rotatable bonds is 3. The lowest BCUT2D eigenvalue weighted by molar-refractivity contribution is -0.192. The minimum Gasteiger partial charge on any atom is -0.479 e. The molecule has 0 aliphatic carbocycles. The van der Waals surface area contributed by atoms with Gasteiger partial charge in [0.15, 0.2) is 6.10 Å². The number of alkyl halides is 3. The summed E-state index contributed by atoms with van der Waals surface area (Å²) < 4.78 is 37.8. The highest BCUT2D eigenvalue weighted by atomic mass is 19.4. The van der Waals surface area contributed by atoms with Gasteiger partial charge in [0.1, 0.15) is 11.6 Å². The summed E-state index contributed by atoms with van der Waals surface area (Å²) >= 11 is 0. The van der Waals surface area contributed by atoms with Crippen molar-refractivity contribution in [2.45, 2.75) is 18.7 Å². The maximum atomic E-state index is 12.8. The second-order valence-electron chi connectivity index (χ2n) is 7.52. The number of ether oxygens (including phenoxy) is 1. The number of carboxylic acids is 1. The van der Waals surface area contributed by atoms with E-state index < -0.39 is 18.2 Å². The van der Waals surface area contributed by atoms with Crippen molar-refractivity contribution >= 4 is 28.5 Å². The molecule has 1 aliphatic rings. The average molecular weight is 481 g/mol. The third-order valence-electron chi connectivity index (χ3n) is 5.14. The number of amides is 1. The zero-order chi connectivity index (χ0) is 25.0. The molecule has 35 heavy (non-hydrogen) atoms. The number of aromatic nitrogens is 2. The minimum absolute atomic E-state index is 0.195. The van der Waals surface area contributed by atoms with E-state index in [9.17, 15) is 18.0 Å². The maximum absolute atomic E-state index is 12.8. The van der Waals surface area contributed by atoms with Crippen molar-refractivity contribution in [2.24, 2.45) is 0 Å². The smallest absolute Gasteiger partial charge is 0.479 e. The summed E-state index contributed by atoms with van der Waals surface area (Å²) in [6, 6.07) is 21.5. The Labute approximate surface area is 197 Å². The molecule has 2 N–H and O–H groups in total. The van der Waals surface area contributed by atoms with E-state index in [1.165, 1.54) is 0 Å². The van der Waals surface area contributed by atoms with Crippen LogP contribution in [0.15, 0.2) is 79.1 Å². The number of nitrogens with zero attached hydrogens (tertiary/aromatic N) is 2. The third kappa shape index (κ3) is 5.55. The third-order valence-corrected chi connectivity index (χ3v) is 5.14. The molecule has 0 saturated carbocycles. The van der Waals surface area contributed by atoms with E-state index in [0.717, 1.165) is 33.3 Å². The van der Waals surface area contributed by atoms with Crippen molar-refractivity contribution in [1.29, 1.82) is 0 Å². The molecule has 0 bridgehead atoms. The highest BCUT2D eigenvalue weighted by Gasteiger charge is 2.38. The van der Waals surface area contributed by atoms with Gasteiger partial charge in [0.05, 0.1) is 5.69 Å². The Bertz CT molecular complexity index is 1380. The van der Waals surface area contributed by atoms with E-state index >= 15 is 0 Å². The number of fused-ring (bicyclic) bond motifs is 3. The van der Waals surface area contributed by atoms with Crippen molar-refractivity contribution in [3.05, 3.63) is 84.7 Å². The van der Waals surface area contributed by atoms with Crippen LogP contribution < -0.4 is 10.1 Å². The van der Waals surface area contributed by atoms with Crippen molar-refractivity contribution < 1.29 is 32.6 Å². The number of pyridine rings is 2. The van der Waals surface area contributed by atoms with E-state index in [1.807, 2.05) is 54.6 Å². The number of hydrogen-bond donors (Lipinski definition) is 2. The van der Waals surface area contributed by atoms with Gasteiger partial charge in [-0.3, -0.25) is 9.78 Å². The van der Waals surface area contributed by atoms with Crippen molar-refractivity contribution in [3.63, 3.8) is 0 Å². The van der Waals surface area contributed by atoms with Crippen molar-refractivity contribution in [3.8, 4) is 17.0 Å². The molecule has 7 nitrogen and oxygen atoms in total. The molecule has 0 radical (unpaired) electrons. The van der Waals surface area contributed by atoms with Crippen LogP contribution in [0.5, 0.6) is 5.75 Å². The number of benzene rings is 2. The summed E-state index contributed by atoms with van der Waals surface area (Å²) in [5.74, 6) is -1.65. The zero-order valence-electron chi connectivity index (χ0n) is 18.0. The lowest BCUT2D eigenvalue weighted by atomic mass is 10.0. The van der Waals surface area contributed by atoms with Gasteiger partial charge in [0.25, 0.3) is 5.91 Å². The molecule has 3 heterocycles. The van der Waals surface area contributed by atoms with Gasteiger partial charge in [-0.05, 0) is 35.2 Å². The van der Waals surface area contributed by atoms with Crippen LogP contribution in [-0.2, 0) is 16.0 Å². The number of carbonyl (C=O) groups excluding carboxylic acids is 1. The Morgan fingerprint density at radius 1 is 0.971 bits per heavy atom. The van der Waals surface area contributed by atoms with Crippen molar-refractivity contribution in [2.75, 3.05) is 5.32 Å².